The highest BCUT2D eigenvalue weighted by Crippen LogP contribution is 2.57. The van der Waals surface area contributed by atoms with Crippen molar-refractivity contribution in [1.82, 2.24) is 0 Å². The minimum Gasteiger partial charge on any atom is -0.310 e. The Morgan fingerprint density at radius 1 is 0.268 bits per heavy atom. The molecule has 1 nitrogen and oxygen atoms in total. The molecule has 6 bridgehead atoms. The predicted molar refractivity (Wildman–Crippen MR) is 173 cm³/mol. The van der Waals surface area contributed by atoms with E-state index in [4.69, 9.17) is 0 Å². The van der Waals surface area contributed by atoms with Crippen LogP contribution in [0, 0.1) is 0 Å². The molecule has 0 N–H and O–H groups in total. The van der Waals surface area contributed by atoms with Crippen LogP contribution in [0.1, 0.15) is 0 Å². The van der Waals surface area contributed by atoms with E-state index in [0.717, 1.165) is 17.1 Å². The lowest BCUT2D eigenvalue weighted by Crippen LogP contribution is -2.10. The van der Waals surface area contributed by atoms with Crippen molar-refractivity contribution >= 4 is 27.8 Å². The Balaban J connectivity index is 1.34. The van der Waals surface area contributed by atoms with E-state index in [1.165, 1.54) is 66.4 Å². The molecule has 0 fully saturated rings. The highest BCUT2D eigenvalue weighted by Gasteiger charge is 2.31. The van der Waals surface area contributed by atoms with E-state index >= 15 is 0 Å². The van der Waals surface area contributed by atoms with E-state index in [1.54, 1.807) is 0 Å². The second-order valence-electron chi connectivity index (χ2n) is 10.9. The first kappa shape index (κ1) is 22.4. The number of fused-ring (bicyclic) bond motifs is 5. The van der Waals surface area contributed by atoms with Gasteiger partial charge in [-0.05, 0) is 103 Å². The van der Waals surface area contributed by atoms with Crippen molar-refractivity contribution in [3.8, 4) is 55.6 Å². The van der Waals surface area contributed by atoms with Crippen molar-refractivity contribution in [2.75, 3.05) is 4.90 Å². The molecule has 7 aromatic carbocycles. The van der Waals surface area contributed by atoms with E-state index in [1.807, 2.05) is 0 Å². The van der Waals surface area contributed by atoms with Crippen molar-refractivity contribution < 1.29 is 0 Å². The summed E-state index contributed by atoms with van der Waals surface area (Å²) in [5.41, 5.74) is 16.5. The molecule has 9 rings (SSSR count). The van der Waals surface area contributed by atoms with Crippen LogP contribution in [0.4, 0.5) is 17.1 Å². The quantitative estimate of drug-likeness (QED) is 0.224. The fraction of sp³-hybridized carbons (Fsp3) is 0. The molecule has 0 heterocycles. The third-order valence-corrected chi connectivity index (χ3v) is 8.73. The highest BCUT2D eigenvalue weighted by atomic mass is 15.1. The molecule has 0 aromatic heterocycles. The van der Waals surface area contributed by atoms with Crippen molar-refractivity contribution in [2.45, 2.75) is 0 Å². The fourth-order valence-electron chi connectivity index (χ4n) is 6.97. The molecule has 7 aromatic rings. The molecule has 41 heavy (non-hydrogen) atoms. The molecule has 2 aliphatic carbocycles. The molecule has 190 valence electrons. The Morgan fingerprint density at radius 3 is 1.54 bits per heavy atom. The van der Waals surface area contributed by atoms with Crippen LogP contribution in [0.5, 0.6) is 0 Å². The van der Waals surface area contributed by atoms with Gasteiger partial charge in [-0.1, -0.05) is 115 Å². The molecule has 0 spiro atoms. The van der Waals surface area contributed by atoms with Gasteiger partial charge in [-0.15, -0.1) is 0 Å². The van der Waals surface area contributed by atoms with Crippen LogP contribution in [0.2, 0.25) is 0 Å². The number of nitrogens with zero attached hydrogens (tertiary/aromatic N) is 1. The summed E-state index contributed by atoms with van der Waals surface area (Å²) < 4.78 is 0. The number of benzene rings is 7. The third-order valence-electron chi connectivity index (χ3n) is 8.73. The normalized spacial score (nSPS) is 11.9. The Hall–Kier alpha value is -5.40. The number of rotatable bonds is 3. The van der Waals surface area contributed by atoms with Crippen LogP contribution < -0.4 is 4.90 Å². The van der Waals surface area contributed by atoms with E-state index < -0.39 is 0 Å². The lowest BCUT2D eigenvalue weighted by Gasteiger charge is -2.28. The van der Waals surface area contributed by atoms with E-state index in [-0.39, 0.29) is 0 Å². The molecule has 0 saturated carbocycles. The minimum atomic E-state index is 1.14. The second-order valence-corrected chi connectivity index (χ2v) is 10.9. The molecule has 0 amide bonds. The Labute approximate surface area is 239 Å². The van der Waals surface area contributed by atoms with E-state index in [0.29, 0.717) is 0 Å². The fourth-order valence-corrected chi connectivity index (χ4v) is 6.97. The molecular formula is C40H25N. The van der Waals surface area contributed by atoms with Gasteiger partial charge in [-0.3, -0.25) is 0 Å². The van der Waals surface area contributed by atoms with Crippen LogP contribution in [0.25, 0.3) is 66.4 Å². The summed E-state index contributed by atoms with van der Waals surface area (Å²) in [4.78, 5) is 2.39. The molecule has 0 atom stereocenters. The SMILES string of the molecule is c1ccc(N(c2ccc3c(c2)-c2c4cccc2-c2cccc-3c2-c2ccccc2-4)c2ccc3ccccc3c2)cc1. The van der Waals surface area contributed by atoms with Gasteiger partial charge in [-0.2, -0.15) is 0 Å². The first-order chi connectivity index (χ1) is 20.3. The first-order valence-electron chi connectivity index (χ1n) is 14.2. The lowest BCUT2D eigenvalue weighted by atomic mass is 9.83. The predicted octanol–water partition coefficient (Wildman–Crippen LogP) is 11.3. The van der Waals surface area contributed by atoms with Gasteiger partial charge in [-0.25, -0.2) is 0 Å². The monoisotopic (exact) mass is 519 g/mol. The van der Waals surface area contributed by atoms with E-state index in [2.05, 4.69) is 157 Å². The van der Waals surface area contributed by atoms with Crippen LogP contribution >= 0.6 is 0 Å². The second kappa shape index (κ2) is 8.55. The molecule has 0 radical (unpaired) electrons. The topological polar surface area (TPSA) is 3.24 Å². The van der Waals surface area contributed by atoms with Gasteiger partial charge in [0.2, 0.25) is 0 Å². The average molecular weight is 520 g/mol. The molecule has 0 unspecified atom stereocenters. The third kappa shape index (κ3) is 3.24. The zero-order valence-corrected chi connectivity index (χ0v) is 22.4. The van der Waals surface area contributed by atoms with Crippen molar-refractivity contribution in [3.63, 3.8) is 0 Å². The first-order valence-corrected chi connectivity index (χ1v) is 14.2. The zero-order chi connectivity index (χ0) is 26.9. The minimum absolute atomic E-state index is 1.14. The maximum Gasteiger partial charge on any atom is 0.0468 e. The van der Waals surface area contributed by atoms with Gasteiger partial charge in [0.1, 0.15) is 0 Å². The number of para-hydroxylation sites is 1. The van der Waals surface area contributed by atoms with Crippen LogP contribution in [0.3, 0.4) is 0 Å². The maximum absolute atomic E-state index is 2.41. The van der Waals surface area contributed by atoms with E-state index in [9.17, 15) is 0 Å². The Morgan fingerprint density at radius 2 is 0.780 bits per heavy atom. The van der Waals surface area contributed by atoms with Gasteiger partial charge in [0, 0.05) is 17.1 Å². The van der Waals surface area contributed by atoms with Gasteiger partial charge >= 0.3 is 0 Å². The zero-order valence-electron chi connectivity index (χ0n) is 22.4. The van der Waals surface area contributed by atoms with Crippen LogP contribution in [0.15, 0.2) is 152 Å². The van der Waals surface area contributed by atoms with Gasteiger partial charge in [0.25, 0.3) is 0 Å². The average Bonchev–Trinajstić information content (AvgIpc) is 3.14. The van der Waals surface area contributed by atoms with Crippen molar-refractivity contribution in [2.24, 2.45) is 0 Å². The van der Waals surface area contributed by atoms with Gasteiger partial charge < -0.3 is 4.90 Å². The van der Waals surface area contributed by atoms with Gasteiger partial charge in [0.05, 0.1) is 0 Å². The number of hydrogen-bond acceptors (Lipinski definition) is 1. The highest BCUT2D eigenvalue weighted by molar-refractivity contribution is 6.15. The van der Waals surface area contributed by atoms with Crippen molar-refractivity contribution in [3.05, 3.63) is 152 Å². The lowest BCUT2D eigenvalue weighted by molar-refractivity contribution is 1.29. The standard InChI is InChI=1S/C40H25N/c1-2-12-28(13-3-1)41(29-21-20-26-10-4-5-11-27(26)24-29)30-22-23-32-35-17-9-18-36-37-19-8-16-34(40(37)38(32)25-30)31-14-6-7-15-33(31)39(35)36/h1-25H. The Bertz CT molecular complexity index is 2130. The van der Waals surface area contributed by atoms with Crippen LogP contribution in [-0.4, -0.2) is 0 Å². The number of anilines is 3. The largest absolute Gasteiger partial charge is 0.310 e. The summed E-state index contributed by atoms with van der Waals surface area (Å²) in [6.45, 7) is 0. The molecule has 2 aliphatic rings. The molecular weight excluding hydrogens is 494 g/mol. The summed E-state index contributed by atoms with van der Waals surface area (Å²) in [6, 6.07) is 55.6. The Kier molecular flexibility index (Phi) is 4.67. The number of hydrogen-bond donors (Lipinski definition) is 0. The van der Waals surface area contributed by atoms with Gasteiger partial charge in [0.15, 0.2) is 0 Å². The summed E-state index contributed by atoms with van der Waals surface area (Å²) in [5.74, 6) is 0. The molecule has 0 aliphatic heterocycles. The summed E-state index contributed by atoms with van der Waals surface area (Å²) in [6.07, 6.45) is 0. The smallest absolute Gasteiger partial charge is 0.0468 e. The molecule has 1 heteroatoms. The maximum atomic E-state index is 2.41. The molecule has 0 saturated heterocycles. The summed E-state index contributed by atoms with van der Waals surface area (Å²) in [7, 11) is 0. The van der Waals surface area contributed by atoms with Crippen LogP contribution in [-0.2, 0) is 0 Å². The summed E-state index contributed by atoms with van der Waals surface area (Å²) in [5, 5.41) is 2.48. The van der Waals surface area contributed by atoms with Crippen molar-refractivity contribution in [1.29, 1.82) is 0 Å². The summed E-state index contributed by atoms with van der Waals surface area (Å²) >= 11 is 0.